The van der Waals surface area contributed by atoms with E-state index in [-0.39, 0.29) is 17.7 Å². The quantitative estimate of drug-likeness (QED) is 0.834. The zero-order chi connectivity index (χ0) is 14.6. The lowest BCUT2D eigenvalue weighted by atomic mass is 9.95. The summed E-state index contributed by atoms with van der Waals surface area (Å²) in [4.78, 5) is 23.5. The first-order valence-corrected chi connectivity index (χ1v) is 6.55. The van der Waals surface area contributed by atoms with Crippen LogP contribution in [-0.4, -0.2) is 24.7 Å². The van der Waals surface area contributed by atoms with Gasteiger partial charge >= 0.3 is 0 Å². The summed E-state index contributed by atoms with van der Waals surface area (Å²) >= 11 is 5.77. The first-order chi connectivity index (χ1) is 8.81. The number of carbonyl (C=O) groups is 2. The Morgan fingerprint density at radius 1 is 1.32 bits per heavy atom. The van der Waals surface area contributed by atoms with Gasteiger partial charge in [0.25, 0.3) is 5.91 Å². The third-order valence-electron chi connectivity index (χ3n) is 2.91. The highest BCUT2D eigenvalue weighted by Crippen LogP contribution is 2.22. The smallest absolute Gasteiger partial charge is 0.251 e. The Labute approximate surface area is 118 Å². The second-order valence-electron chi connectivity index (χ2n) is 5.08. The molecule has 0 atom stereocenters. The van der Waals surface area contributed by atoms with Crippen molar-refractivity contribution in [2.75, 3.05) is 18.2 Å². The van der Waals surface area contributed by atoms with Crippen LogP contribution in [0, 0.1) is 12.3 Å². The van der Waals surface area contributed by atoms with Crippen molar-refractivity contribution in [2.45, 2.75) is 20.8 Å². The van der Waals surface area contributed by atoms with Gasteiger partial charge in [0.1, 0.15) is 0 Å². The Morgan fingerprint density at radius 2 is 1.95 bits per heavy atom. The third kappa shape index (κ3) is 3.70. The lowest BCUT2D eigenvalue weighted by molar-refractivity contribution is -0.122. The highest BCUT2D eigenvalue weighted by atomic mass is 35.5. The van der Waals surface area contributed by atoms with Crippen LogP contribution in [0.2, 0.25) is 0 Å². The number of hydrogen-bond acceptors (Lipinski definition) is 2. The standard InChI is InChI=1S/C14H19ClN2O2/c1-9-7-10(12(18)16-4)5-6-11(9)17-13(19)14(2,3)8-15/h5-7H,8H2,1-4H3,(H,16,18)(H,17,19). The van der Waals surface area contributed by atoms with Crippen LogP contribution in [0.5, 0.6) is 0 Å². The van der Waals surface area contributed by atoms with E-state index in [4.69, 9.17) is 11.6 Å². The molecule has 0 aromatic heterocycles. The van der Waals surface area contributed by atoms with E-state index in [1.165, 1.54) is 0 Å². The molecule has 104 valence electrons. The van der Waals surface area contributed by atoms with Crippen molar-refractivity contribution < 1.29 is 9.59 Å². The van der Waals surface area contributed by atoms with Crippen LogP contribution in [0.3, 0.4) is 0 Å². The van der Waals surface area contributed by atoms with Gasteiger partial charge in [0.15, 0.2) is 0 Å². The van der Waals surface area contributed by atoms with E-state index in [0.717, 1.165) is 5.56 Å². The number of benzene rings is 1. The van der Waals surface area contributed by atoms with Crippen molar-refractivity contribution in [3.8, 4) is 0 Å². The maximum absolute atomic E-state index is 12.0. The lowest BCUT2D eigenvalue weighted by Gasteiger charge is -2.21. The molecule has 0 aliphatic carbocycles. The van der Waals surface area contributed by atoms with Gasteiger partial charge in [-0.2, -0.15) is 0 Å². The number of anilines is 1. The largest absolute Gasteiger partial charge is 0.355 e. The molecule has 19 heavy (non-hydrogen) atoms. The molecular weight excluding hydrogens is 264 g/mol. The molecule has 0 fully saturated rings. The van der Waals surface area contributed by atoms with Crippen molar-refractivity contribution in [3.63, 3.8) is 0 Å². The minimum absolute atomic E-state index is 0.140. The van der Waals surface area contributed by atoms with Crippen LogP contribution in [0.4, 0.5) is 5.69 Å². The number of carbonyl (C=O) groups excluding carboxylic acids is 2. The van der Waals surface area contributed by atoms with Crippen LogP contribution in [0.15, 0.2) is 18.2 Å². The molecule has 0 bridgehead atoms. The second kappa shape index (κ2) is 6.06. The molecule has 0 radical (unpaired) electrons. The Balaban J connectivity index is 2.93. The Kier molecular flexibility index (Phi) is 4.95. The predicted molar refractivity (Wildman–Crippen MR) is 77.7 cm³/mol. The zero-order valence-electron chi connectivity index (χ0n) is 11.6. The summed E-state index contributed by atoms with van der Waals surface area (Å²) in [7, 11) is 1.58. The van der Waals surface area contributed by atoms with Crippen molar-refractivity contribution in [2.24, 2.45) is 5.41 Å². The molecule has 4 nitrogen and oxygen atoms in total. The summed E-state index contributed by atoms with van der Waals surface area (Å²) in [5.74, 6) is -0.0471. The number of halogens is 1. The summed E-state index contributed by atoms with van der Waals surface area (Å²) < 4.78 is 0. The van der Waals surface area contributed by atoms with E-state index < -0.39 is 5.41 Å². The summed E-state index contributed by atoms with van der Waals surface area (Å²) in [6, 6.07) is 5.14. The average molecular weight is 283 g/mol. The number of hydrogen-bond donors (Lipinski definition) is 2. The summed E-state index contributed by atoms with van der Waals surface area (Å²) in [6.07, 6.45) is 0. The van der Waals surface area contributed by atoms with E-state index in [2.05, 4.69) is 10.6 Å². The van der Waals surface area contributed by atoms with Gasteiger partial charge in [-0.1, -0.05) is 0 Å². The molecule has 0 saturated carbocycles. The number of aryl methyl sites for hydroxylation is 1. The van der Waals surface area contributed by atoms with E-state index >= 15 is 0 Å². The van der Waals surface area contributed by atoms with Crippen molar-refractivity contribution >= 4 is 29.1 Å². The third-order valence-corrected chi connectivity index (χ3v) is 3.58. The first kappa shape index (κ1) is 15.5. The van der Waals surface area contributed by atoms with Gasteiger partial charge < -0.3 is 10.6 Å². The van der Waals surface area contributed by atoms with Gasteiger partial charge in [-0.05, 0) is 44.5 Å². The fraction of sp³-hybridized carbons (Fsp3) is 0.429. The topological polar surface area (TPSA) is 58.2 Å². The Morgan fingerprint density at radius 3 is 2.42 bits per heavy atom. The van der Waals surface area contributed by atoms with Crippen molar-refractivity contribution in [1.82, 2.24) is 5.32 Å². The molecule has 0 unspecified atom stereocenters. The molecule has 5 heteroatoms. The van der Waals surface area contributed by atoms with Gasteiger partial charge in [-0.15, -0.1) is 11.6 Å². The van der Waals surface area contributed by atoms with Crippen LogP contribution >= 0.6 is 11.6 Å². The maximum atomic E-state index is 12.0. The number of rotatable bonds is 4. The van der Waals surface area contributed by atoms with Gasteiger partial charge in [-0.25, -0.2) is 0 Å². The van der Waals surface area contributed by atoms with Gasteiger partial charge in [0.05, 0.1) is 5.41 Å². The zero-order valence-corrected chi connectivity index (χ0v) is 12.4. The van der Waals surface area contributed by atoms with E-state index in [0.29, 0.717) is 11.3 Å². The van der Waals surface area contributed by atoms with Gasteiger partial charge in [-0.3, -0.25) is 9.59 Å². The molecule has 1 rings (SSSR count). The summed E-state index contributed by atoms with van der Waals surface area (Å²) in [5.41, 5.74) is 1.46. The summed E-state index contributed by atoms with van der Waals surface area (Å²) in [6.45, 7) is 5.41. The molecule has 0 aliphatic heterocycles. The monoisotopic (exact) mass is 282 g/mol. The molecule has 0 saturated heterocycles. The molecule has 2 N–H and O–H groups in total. The summed E-state index contributed by atoms with van der Waals surface area (Å²) in [5, 5.41) is 5.39. The van der Waals surface area contributed by atoms with Crippen LogP contribution in [-0.2, 0) is 4.79 Å². The molecule has 1 aromatic carbocycles. The second-order valence-corrected chi connectivity index (χ2v) is 5.35. The van der Waals surface area contributed by atoms with Crippen molar-refractivity contribution in [3.05, 3.63) is 29.3 Å². The molecule has 0 heterocycles. The minimum atomic E-state index is -0.631. The van der Waals surface area contributed by atoms with Gasteiger partial charge in [0, 0.05) is 24.2 Å². The number of amides is 2. The van der Waals surface area contributed by atoms with Gasteiger partial charge in [0.2, 0.25) is 5.91 Å². The first-order valence-electron chi connectivity index (χ1n) is 6.02. The van der Waals surface area contributed by atoms with Crippen LogP contribution in [0.25, 0.3) is 0 Å². The average Bonchev–Trinajstić information content (AvgIpc) is 2.39. The van der Waals surface area contributed by atoms with E-state index in [9.17, 15) is 9.59 Å². The fourth-order valence-electron chi connectivity index (χ4n) is 1.44. The normalized spacial score (nSPS) is 11.0. The van der Waals surface area contributed by atoms with E-state index in [1.54, 1.807) is 39.1 Å². The fourth-order valence-corrected chi connectivity index (χ4v) is 1.56. The Hall–Kier alpha value is -1.55. The number of nitrogens with one attached hydrogen (secondary N) is 2. The highest BCUT2D eigenvalue weighted by Gasteiger charge is 2.26. The molecular formula is C14H19ClN2O2. The lowest BCUT2D eigenvalue weighted by Crippen LogP contribution is -2.32. The van der Waals surface area contributed by atoms with Crippen molar-refractivity contribution in [1.29, 1.82) is 0 Å². The van der Waals surface area contributed by atoms with Crippen LogP contribution < -0.4 is 10.6 Å². The molecule has 1 aromatic rings. The van der Waals surface area contributed by atoms with Crippen LogP contribution in [0.1, 0.15) is 29.8 Å². The SMILES string of the molecule is CNC(=O)c1ccc(NC(=O)C(C)(C)CCl)c(C)c1. The molecule has 0 aliphatic rings. The number of alkyl halides is 1. The Bertz CT molecular complexity index is 498. The molecule has 2 amide bonds. The minimum Gasteiger partial charge on any atom is -0.355 e. The highest BCUT2D eigenvalue weighted by molar-refractivity contribution is 6.20. The maximum Gasteiger partial charge on any atom is 0.251 e. The van der Waals surface area contributed by atoms with E-state index in [1.807, 2.05) is 6.92 Å². The molecule has 0 spiro atoms. The predicted octanol–water partition coefficient (Wildman–Crippen LogP) is 2.56.